The molecule has 100 valence electrons. The molecule has 1 unspecified atom stereocenters. The first-order valence-corrected chi connectivity index (χ1v) is 5.98. The summed E-state index contributed by atoms with van der Waals surface area (Å²) in [7, 11) is 1.47. The van der Waals surface area contributed by atoms with E-state index < -0.39 is 17.0 Å². The highest BCUT2D eigenvalue weighted by Crippen LogP contribution is 2.29. The van der Waals surface area contributed by atoms with Gasteiger partial charge in [0.05, 0.1) is 12.5 Å². The number of methoxy groups -OCH3 is 1. The minimum Gasteiger partial charge on any atom is -0.481 e. The second kappa shape index (κ2) is 5.93. The Balaban J connectivity index is 2.23. The summed E-state index contributed by atoms with van der Waals surface area (Å²) >= 11 is 6.07. The molecular weight excluding hydrogens is 274 g/mol. The molecule has 1 aromatic heterocycles. The van der Waals surface area contributed by atoms with Gasteiger partial charge in [0, 0.05) is 23.7 Å². The zero-order valence-corrected chi connectivity index (χ0v) is 10.9. The first-order chi connectivity index (χ1) is 9.11. The molecule has 0 saturated heterocycles. The quantitative estimate of drug-likeness (QED) is 0.808. The van der Waals surface area contributed by atoms with Crippen LogP contribution in [0.5, 0.6) is 5.88 Å². The van der Waals surface area contributed by atoms with Crippen molar-refractivity contribution >= 4 is 11.6 Å². The van der Waals surface area contributed by atoms with Crippen LogP contribution in [-0.4, -0.2) is 17.1 Å². The van der Waals surface area contributed by atoms with Gasteiger partial charge in [0.15, 0.2) is 0 Å². The number of nitrogens with zero attached hydrogens (tertiary/aromatic N) is 2. The van der Waals surface area contributed by atoms with Crippen molar-refractivity contribution in [3.63, 3.8) is 0 Å². The molecule has 0 aliphatic carbocycles. The molecule has 0 fully saturated rings. The molecule has 0 radical (unpaired) electrons. The van der Waals surface area contributed by atoms with Gasteiger partial charge in [-0.15, -0.1) is 11.6 Å². The molecule has 3 nitrogen and oxygen atoms in total. The van der Waals surface area contributed by atoms with E-state index in [0.29, 0.717) is 11.6 Å². The van der Waals surface area contributed by atoms with Crippen molar-refractivity contribution in [3.8, 4) is 5.88 Å². The van der Waals surface area contributed by atoms with Crippen LogP contribution in [0.2, 0.25) is 0 Å². The van der Waals surface area contributed by atoms with Gasteiger partial charge in [-0.05, 0) is 12.1 Å². The predicted octanol–water partition coefficient (Wildman–Crippen LogP) is 3.29. The maximum Gasteiger partial charge on any atom is 0.216 e. The number of halogens is 3. The normalized spacial score (nSPS) is 12.2. The molecule has 19 heavy (non-hydrogen) atoms. The van der Waals surface area contributed by atoms with Crippen LogP contribution in [0.15, 0.2) is 30.6 Å². The van der Waals surface area contributed by atoms with E-state index in [0.717, 1.165) is 0 Å². The van der Waals surface area contributed by atoms with Gasteiger partial charge in [0.2, 0.25) is 5.88 Å². The van der Waals surface area contributed by atoms with Crippen LogP contribution in [0.1, 0.15) is 16.6 Å². The summed E-state index contributed by atoms with van der Waals surface area (Å²) in [6.45, 7) is 0. The van der Waals surface area contributed by atoms with Gasteiger partial charge in [0.25, 0.3) is 0 Å². The summed E-state index contributed by atoms with van der Waals surface area (Å²) in [4.78, 5) is 7.84. The summed E-state index contributed by atoms with van der Waals surface area (Å²) < 4.78 is 32.1. The molecule has 0 saturated carbocycles. The molecule has 2 aromatic rings. The first-order valence-electron chi connectivity index (χ1n) is 5.54. The van der Waals surface area contributed by atoms with Crippen LogP contribution >= 0.6 is 11.6 Å². The molecule has 2 rings (SSSR count). The summed E-state index contributed by atoms with van der Waals surface area (Å²) in [6.07, 6.45) is 1.49. The molecule has 0 aliphatic heterocycles. The van der Waals surface area contributed by atoms with Gasteiger partial charge >= 0.3 is 0 Å². The molecule has 0 bridgehead atoms. The molecule has 6 heteroatoms. The third-order valence-corrected chi connectivity index (χ3v) is 2.98. The van der Waals surface area contributed by atoms with E-state index in [2.05, 4.69) is 9.97 Å². The zero-order chi connectivity index (χ0) is 13.8. The van der Waals surface area contributed by atoms with Gasteiger partial charge in [-0.3, -0.25) is 0 Å². The lowest BCUT2D eigenvalue weighted by Gasteiger charge is -2.11. The molecule has 0 aliphatic rings. The SMILES string of the molecule is COc1cc(CC(Cl)c2c(F)cccc2F)ncn1. The average molecular weight is 285 g/mol. The van der Waals surface area contributed by atoms with Crippen LogP contribution < -0.4 is 4.74 Å². The monoisotopic (exact) mass is 284 g/mol. The van der Waals surface area contributed by atoms with E-state index in [1.54, 1.807) is 6.07 Å². The maximum absolute atomic E-state index is 13.6. The summed E-state index contributed by atoms with van der Waals surface area (Å²) in [5.41, 5.74) is 0.399. The van der Waals surface area contributed by atoms with Crippen molar-refractivity contribution in [1.29, 1.82) is 0 Å². The highest BCUT2D eigenvalue weighted by atomic mass is 35.5. The fraction of sp³-hybridized carbons (Fsp3) is 0.231. The molecule has 1 atom stereocenters. The van der Waals surface area contributed by atoms with Crippen molar-refractivity contribution in [2.75, 3.05) is 7.11 Å². The standard InChI is InChI=1S/C13H11ClF2N2O/c1-19-12-6-8(17-7-18-12)5-9(14)13-10(15)3-2-4-11(13)16/h2-4,6-7,9H,5H2,1H3. The lowest BCUT2D eigenvalue weighted by atomic mass is 10.1. The third kappa shape index (κ3) is 3.17. The van der Waals surface area contributed by atoms with E-state index in [-0.39, 0.29) is 12.0 Å². The minimum absolute atomic E-state index is 0.151. The molecule has 0 amide bonds. The van der Waals surface area contributed by atoms with Gasteiger partial charge < -0.3 is 4.74 Å². The smallest absolute Gasteiger partial charge is 0.216 e. The number of hydrogen-bond donors (Lipinski definition) is 0. The summed E-state index contributed by atoms with van der Waals surface area (Å²) in [5, 5.41) is -0.846. The number of aromatic nitrogens is 2. The van der Waals surface area contributed by atoms with Crippen LogP contribution in [0.4, 0.5) is 8.78 Å². The number of alkyl halides is 1. The summed E-state index contributed by atoms with van der Waals surface area (Å²) in [5.74, 6) is -0.954. The first kappa shape index (κ1) is 13.7. The van der Waals surface area contributed by atoms with Crippen LogP contribution in [0.3, 0.4) is 0 Å². The Hall–Kier alpha value is -1.75. The predicted molar refractivity (Wildman–Crippen MR) is 67.2 cm³/mol. The van der Waals surface area contributed by atoms with Crippen molar-refractivity contribution in [2.45, 2.75) is 11.8 Å². The minimum atomic E-state index is -0.846. The molecule has 1 aromatic carbocycles. The second-order valence-corrected chi connectivity index (χ2v) is 4.39. The Bertz CT molecular complexity index is 560. The highest BCUT2D eigenvalue weighted by molar-refractivity contribution is 6.20. The zero-order valence-electron chi connectivity index (χ0n) is 10.1. The lowest BCUT2D eigenvalue weighted by Crippen LogP contribution is -2.04. The number of benzene rings is 1. The van der Waals surface area contributed by atoms with Gasteiger partial charge in [-0.2, -0.15) is 0 Å². The highest BCUT2D eigenvalue weighted by Gasteiger charge is 2.19. The van der Waals surface area contributed by atoms with Crippen molar-refractivity contribution in [2.24, 2.45) is 0 Å². The Morgan fingerprint density at radius 3 is 2.58 bits per heavy atom. The Morgan fingerprint density at radius 1 is 1.26 bits per heavy atom. The van der Waals surface area contributed by atoms with Crippen molar-refractivity contribution in [1.82, 2.24) is 9.97 Å². The van der Waals surface area contributed by atoms with E-state index in [4.69, 9.17) is 16.3 Å². The van der Waals surface area contributed by atoms with Crippen molar-refractivity contribution in [3.05, 3.63) is 53.5 Å². The maximum atomic E-state index is 13.6. The van der Waals surface area contributed by atoms with Crippen LogP contribution in [-0.2, 0) is 6.42 Å². The third-order valence-electron chi connectivity index (χ3n) is 2.61. The Morgan fingerprint density at radius 2 is 1.95 bits per heavy atom. The number of hydrogen-bond acceptors (Lipinski definition) is 3. The van der Waals surface area contributed by atoms with Gasteiger partial charge in [0.1, 0.15) is 18.0 Å². The van der Waals surface area contributed by atoms with Crippen molar-refractivity contribution < 1.29 is 13.5 Å². The molecule has 1 heterocycles. The Kier molecular flexibility index (Phi) is 4.27. The van der Waals surface area contributed by atoms with E-state index in [9.17, 15) is 8.78 Å². The summed E-state index contributed by atoms with van der Waals surface area (Å²) in [6, 6.07) is 5.22. The number of rotatable bonds is 4. The van der Waals surface area contributed by atoms with E-state index >= 15 is 0 Å². The van der Waals surface area contributed by atoms with Gasteiger partial charge in [-0.1, -0.05) is 6.07 Å². The average Bonchev–Trinajstić information content (AvgIpc) is 2.38. The number of ether oxygens (including phenoxy) is 1. The Labute approximate surface area is 114 Å². The fourth-order valence-corrected chi connectivity index (χ4v) is 2.06. The largest absolute Gasteiger partial charge is 0.481 e. The van der Waals surface area contributed by atoms with Gasteiger partial charge in [-0.25, -0.2) is 18.7 Å². The molecule has 0 spiro atoms. The second-order valence-electron chi connectivity index (χ2n) is 3.86. The van der Waals surface area contributed by atoms with E-state index in [1.165, 1.54) is 31.6 Å². The fourth-order valence-electron chi connectivity index (χ4n) is 1.70. The molecular formula is C13H11ClF2N2O. The van der Waals surface area contributed by atoms with Crippen LogP contribution in [0, 0.1) is 11.6 Å². The lowest BCUT2D eigenvalue weighted by molar-refractivity contribution is 0.396. The van der Waals surface area contributed by atoms with Crippen LogP contribution in [0.25, 0.3) is 0 Å². The molecule has 0 N–H and O–H groups in total. The van der Waals surface area contributed by atoms with E-state index in [1.807, 2.05) is 0 Å². The topological polar surface area (TPSA) is 35.0 Å².